The first-order chi connectivity index (χ1) is 6.42. The zero-order valence-corrected chi connectivity index (χ0v) is 6.54. The zero-order valence-electron chi connectivity index (χ0n) is 6.54. The third-order valence-electron chi connectivity index (χ3n) is 1.54. The summed E-state index contributed by atoms with van der Waals surface area (Å²) in [7, 11) is 0. The Kier molecular flexibility index (Phi) is 1.84. The lowest BCUT2D eigenvalue weighted by Gasteiger charge is -1.92. The highest BCUT2D eigenvalue weighted by Crippen LogP contribution is 2.18. The Bertz CT molecular complexity index is 410. The molecule has 0 atom stereocenters. The second-order valence-electron chi connectivity index (χ2n) is 2.32. The van der Waals surface area contributed by atoms with E-state index in [1.165, 1.54) is 12.5 Å². The highest BCUT2D eigenvalue weighted by atomic mass is 16.5. The Balaban J connectivity index is 2.52. The largest absolute Gasteiger partial charge is 0.354 e. The van der Waals surface area contributed by atoms with Gasteiger partial charge in [-0.1, -0.05) is 5.16 Å². The molecule has 2 aromatic rings. The monoisotopic (exact) mass is 175 g/mol. The van der Waals surface area contributed by atoms with Gasteiger partial charge in [-0.25, -0.2) is 9.97 Å². The van der Waals surface area contributed by atoms with E-state index in [9.17, 15) is 4.79 Å². The number of carbonyl (C=O) groups excluding carboxylic acids is 1. The summed E-state index contributed by atoms with van der Waals surface area (Å²) >= 11 is 0. The Morgan fingerprint density at radius 3 is 3.08 bits per heavy atom. The second kappa shape index (κ2) is 3.14. The van der Waals surface area contributed by atoms with Crippen LogP contribution in [0.4, 0.5) is 0 Å². The molecule has 0 aliphatic rings. The fourth-order valence-corrected chi connectivity index (χ4v) is 0.951. The average molecular weight is 175 g/mol. The molecule has 0 saturated heterocycles. The van der Waals surface area contributed by atoms with Gasteiger partial charge in [-0.2, -0.15) is 0 Å². The van der Waals surface area contributed by atoms with Crippen LogP contribution in [0.5, 0.6) is 0 Å². The first-order valence-corrected chi connectivity index (χ1v) is 3.58. The van der Waals surface area contributed by atoms with Crippen molar-refractivity contribution in [2.75, 3.05) is 0 Å². The van der Waals surface area contributed by atoms with Gasteiger partial charge in [0.1, 0.15) is 12.0 Å². The van der Waals surface area contributed by atoms with Crippen molar-refractivity contribution in [2.24, 2.45) is 0 Å². The van der Waals surface area contributed by atoms with Gasteiger partial charge in [0.05, 0.1) is 11.8 Å². The third-order valence-corrected chi connectivity index (χ3v) is 1.54. The third kappa shape index (κ3) is 1.31. The van der Waals surface area contributed by atoms with Crippen molar-refractivity contribution in [3.63, 3.8) is 0 Å². The summed E-state index contributed by atoms with van der Waals surface area (Å²) in [5.41, 5.74) is 0.938. The highest BCUT2D eigenvalue weighted by molar-refractivity contribution is 5.83. The minimum atomic E-state index is 0.373. The fraction of sp³-hybridized carbons (Fsp3) is 0. The van der Waals surface area contributed by atoms with E-state index in [0.717, 1.165) is 0 Å². The molecule has 0 fully saturated rings. The quantitative estimate of drug-likeness (QED) is 0.635. The van der Waals surface area contributed by atoms with E-state index in [1.54, 1.807) is 12.3 Å². The smallest absolute Gasteiger partial charge is 0.195 e. The van der Waals surface area contributed by atoms with Crippen LogP contribution in [0.1, 0.15) is 10.4 Å². The lowest BCUT2D eigenvalue weighted by molar-refractivity contribution is 0.112. The molecule has 2 heterocycles. The maximum absolute atomic E-state index is 10.5. The lowest BCUT2D eigenvalue weighted by Crippen LogP contribution is -1.85. The van der Waals surface area contributed by atoms with Gasteiger partial charge in [0, 0.05) is 6.20 Å². The highest BCUT2D eigenvalue weighted by Gasteiger charge is 2.10. The molecule has 64 valence electrons. The van der Waals surface area contributed by atoms with Crippen molar-refractivity contribution in [2.45, 2.75) is 0 Å². The summed E-state index contributed by atoms with van der Waals surface area (Å²) < 4.78 is 4.87. The molecule has 0 bridgehead atoms. The minimum Gasteiger partial charge on any atom is -0.354 e. The van der Waals surface area contributed by atoms with E-state index < -0.39 is 0 Å². The van der Waals surface area contributed by atoms with Gasteiger partial charge >= 0.3 is 0 Å². The van der Waals surface area contributed by atoms with E-state index in [0.29, 0.717) is 23.3 Å². The van der Waals surface area contributed by atoms with Crippen LogP contribution in [0.2, 0.25) is 0 Å². The van der Waals surface area contributed by atoms with Crippen LogP contribution in [0.3, 0.4) is 0 Å². The minimum absolute atomic E-state index is 0.373. The van der Waals surface area contributed by atoms with Gasteiger partial charge in [-0.05, 0) is 6.07 Å². The number of nitrogens with zero attached hydrogens (tertiary/aromatic N) is 3. The Morgan fingerprint density at radius 2 is 2.38 bits per heavy atom. The molecule has 0 radical (unpaired) electrons. The van der Waals surface area contributed by atoms with E-state index in [1.807, 2.05) is 0 Å². The molecule has 0 aliphatic heterocycles. The van der Waals surface area contributed by atoms with Crippen LogP contribution < -0.4 is 0 Å². The number of carbonyl (C=O) groups is 1. The molecule has 0 aliphatic carbocycles. The summed E-state index contributed by atoms with van der Waals surface area (Å²) in [5.74, 6) is 0.373. The predicted molar refractivity (Wildman–Crippen MR) is 42.9 cm³/mol. The van der Waals surface area contributed by atoms with Gasteiger partial charge < -0.3 is 4.52 Å². The normalized spacial score (nSPS) is 9.85. The molecule has 0 amide bonds. The van der Waals surface area contributed by atoms with Crippen molar-refractivity contribution in [3.8, 4) is 11.5 Å². The Hall–Kier alpha value is -2.04. The molecule has 5 nitrogen and oxygen atoms in total. The van der Waals surface area contributed by atoms with E-state index >= 15 is 0 Å². The van der Waals surface area contributed by atoms with Gasteiger partial charge in [0.15, 0.2) is 12.0 Å². The molecule has 0 unspecified atom stereocenters. The molecule has 13 heavy (non-hydrogen) atoms. The maximum Gasteiger partial charge on any atom is 0.195 e. The molecule has 2 rings (SSSR count). The fourth-order valence-electron chi connectivity index (χ4n) is 0.951. The number of aldehydes is 1. The standard InChI is InChI=1S/C8H5N3O2/c12-4-6-3-11-13-8(6)7-1-2-9-5-10-7/h1-5H. The van der Waals surface area contributed by atoms with Crippen LogP contribution in [0.15, 0.2) is 29.3 Å². The maximum atomic E-state index is 10.5. The first kappa shape index (κ1) is 7.60. The summed E-state index contributed by atoms with van der Waals surface area (Å²) in [4.78, 5) is 18.2. The molecule has 0 aromatic carbocycles. The van der Waals surface area contributed by atoms with Crippen LogP contribution in [0.25, 0.3) is 11.5 Å². The Morgan fingerprint density at radius 1 is 1.46 bits per heavy atom. The molecular formula is C8H5N3O2. The van der Waals surface area contributed by atoms with Crippen LogP contribution in [-0.2, 0) is 0 Å². The predicted octanol–water partition coefficient (Wildman–Crippen LogP) is 0.944. The summed E-state index contributed by atoms with van der Waals surface area (Å²) in [6.07, 6.45) is 4.98. The molecule has 0 saturated carbocycles. The first-order valence-electron chi connectivity index (χ1n) is 3.58. The Labute approximate surface area is 73.4 Å². The zero-order chi connectivity index (χ0) is 9.10. The van der Waals surface area contributed by atoms with Crippen LogP contribution in [0, 0.1) is 0 Å². The molecular weight excluding hydrogens is 170 g/mol. The van der Waals surface area contributed by atoms with E-state index in [-0.39, 0.29) is 0 Å². The molecule has 5 heteroatoms. The number of aromatic nitrogens is 3. The molecule has 0 spiro atoms. The SMILES string of the molecule is O=Cc1cnoc1-c1ccncn1. The topological polar surface area (TPSA) is 68.9 Å². The average Bonchev–Trinajstić information content (AvgIpc) is 2.67. The van der Waals surface area contributed by atoms with Gasteiger partial charge in [0.2, 0.25) is 0 Å². The van der Waals surface area contributed by atoms with Crippen molar-refractivity contribution in [1.82, 2.24) is 15.1 Å². The van der Waals surface area contributed by atoms with Crippen molar-refractivity contribution in [1.29, 1.82) is 0 Å². The molecule has 0 N–H and O–H groups in total. The van der Waals surface area contributed by atoms with E-state index in [2.05, 4.69) is 15.1 Å². The van der Waals surface area contributed by atoms with Gasteiger partial charge in [-0.15, -0.1) is 0 Å². The van der Waals surface area contributed by atoms with Crippen LogP contribution >= 0.6 is 0 Å². The number of hydrogen-bond acceptors (Lipinski definition) is 5. The second-order valence-corrected chi connectivity index (χ2v) is 2.32. The summed E-state index contributed by atoms with van der Waals surface area (Å²) in [5, 5.41) is 3.50. The summed E-state index contributed by atoms with van der Waals surface area (Å²) in [6.45, 7) is 0. The van der Waals surface area contributed by atoms with Gasteiger partial charge in [-0.3, -0.25) is 4.79 Å². The van der Waals surface area contributed by atoms with Gasteiger partial charge in [0.25, 0.3) is 0 Å². The number of rotatable bonds is 2. The van der Waals surface area contributed by atoms with Crippen molar-refractivity contribution >= 4 is 6.29 Å². The summed E-state index contributed by atoms with van der Waals surface area (Å²) in [6, 6.07) is 1.65. The van der Waals surface area contributed by atoms with E-state index in [4.69, 9.17) is 4.52 Å². The van der Waals surface area contributed by atoms with Crippen molar-refractivity contribution in [3.05, 3.63) is 30.4 Å². The van der Waals surface area contributed by atoms with Crippen LogP contribution in [-0.4, -0.2) is 21.4 Å². The molecule has 2 aromatic heterocycles. The number of hydrogen-bond donors (Lipinski definition) is 0. The van der Waals surface area contributed by atoms with Crippen molar-refractivity contribution < 1.29 is 9.32 Å². The lowest BCUT2D eigenvalue weighted by atomic mass is 10.2.